The Balaban J connectivity index is 1.70. The van der Waals surface area contributed by atoms with Gasteiger partial charge >= 0.3 is 0 Å². The largest absolute Gasteiger partial charge is 0.492 e. The molecule has 1 heterocycles. The number of nitrogens with one attached hydrogen (secondary N) is 1. The fourth-order valence-electron chi connectivity index (χ4n) is 3.14. The lowest BCUT2D eigenvalue weighted by atomic mass is 9.98. The molecule has 0 aromatic heterocycles. The Labute approximate surface area is 117 Å². The van der Waals surface area contributed by atoms with Crippen molar-refractivity contribution in [3.05, 3.63) is 29.8 Å². The van der Waals surface area contributed by atoms with Crippen LogP contribution in [-0.4, -0.2) is 24.5 Å². The Morgan fingerprint density at radius 1 is 1.25 bits per heavy atom. The lowest BCUT2D eigenvalue weighted by Crippen LogP contribution is -2.44. The molecular weight excluding hydrogens is 256 g/mol. The second-order valence-electron chi connectivity index (χ2n) is 5.46. The summed E-state index contributed by atoms with van der Waals surface area (Å²) in [6, 6.07) is 7.43. The van der Waals surface area contributed by atoms with Gasteiger partial charge in [0.25, 0.3) is 0 Å². The fourth-order valence-corrected chi connectivity index (χ4v) is 3.14. The highest BCUT2D eigenvalue weighted by Crippen LogP contribution is 2.34. The van der Waals surface area contributed by atoms with Crippen molar-refractivity contribution in [2.24, 2.45) is 11.7 Å². The van der Waals surface area contributed by atoms with E-state index >= 15 is 0 Å². The van der Waals surface area contributed by atoms with E-state index in [9.17, 15) is 9.59 Å². The standard InChI is InChI=1S/C15H18N2O3/c16-14(18)10-5-3-6-12(10)17-15(19)11-8-20-13-7-2-1-4-9(11)13/h1-2,4,7,10-12H,3,5-6,8H2,(H2,16,18)(H,17,19)/t10-,11+,12-/m1/s1. The van der Waals surface area contributed by atoms with Gasteiger partial charge in [0.15, 0.2) is 0 Å². The number of nitrogens with two attached hydrogens (primary N) is 1. The molecule has 0 unspecified atom stereocenters. The molecule has 1 aromatic carbocycles. The second kappa shape index (κ2) is 5.15. The molecule has 5 nitrogen and oxygen atoms in total. The summed E-state index contributed by atoms with van der Waals surface area (Å²) in [4.78, 5) is 23.7. The maximum atomic E-state index is 12.4. The number of para-hydroxylation sites is 1. The molecule has 0 bridgehead atoms. The van der Waals surface area contributed by atoms with Gasteiger partial charge < -0.3 is 15.8 Å². The summed E-state index contributed by atoms with van der Waals surface area (Å²) in [6.45, 7) is 0.360. The first-order valence-corrected chi connectivity index (χ1v) is 6.98. The predicted octanol–water partition coefficient (Wildman–Crippen LogP) is 0.933. The number of carbonyl (C=O) groups excluding carboxylic acids is 2. The van der Waals surface area contributed by atoms with Crippen LogP contribution in [0.3, 0.4) is 0 Å². The highest BCUT2D eigenvalue weighted by atomic mass is 16.5. The van der Waals surface area contributed by atoms with E-state index in [4.69, 9.17) is 10.5 Å². The van der Waals surface area contributed by atoms with Crippen LogP contribution in [0.25, 0.3) is 0 Å². The third-order valence-electron chi connectivity index (χ3n) is 4.23. The molecule has 20 heavy (non-hydrogen) atoms. The number of fused-ring (bicyclic) bond motifs is 1. The van der Waals surface area contributed by atoms with Crippen LogP contribution in [0.5, 0.6) is 5.75 Å². The van der Waals surface area contributed by atoms with Crippen molar-refractivity contribution >= 4 is 11.8 Å². The topological polar surface area (TPSA) is 81.4 Å². The lowest BCUT2D eigenvalue weighted by molar-refractivity contribution is -0.125. The van der Waals surface area contributed by atoms with Gasteiger partial charge in [-0.2, -0.15) is 0 Å². The molecule has 3 atom stereocenters. The molecule has 3 N–H and O–H groups in total. The number of rotatable bonds is 3. The first-order chi connectivity index (χ1) is 9.66. The molecule has 106 valence electrons. The molecule has 1 aliphatic carbocycles. The van der Waals surface area contributed by atoms with Gasteiger partial charge in [0.1, 0.15) is 18.3 Å². The minimum Gasteiger partial charge on any atom is -0.492 e. The SMILES string of the molecule is NC(=O)[C@@H]1CCC[C@H]1NC(=O)[C@H]1COc2ccccc21. The quantitative estimate of drug-likeness (QED) is 0.860. The fraction of sp³-hybridized carbons (Fsp3) is 0.467. The molecule has 2 amide bonds. The molecule has 0 radical (unpaired) electrons. The molecule has 0 spiro atoms. The van der Waals surface area contributed by atoms with E-state index in [1.807, 2.05) is 24.3 Å². The van der Waals surface area contributed by atoms with E-state index < -0.39 is 0 Å². The highest BCUT2D eigenvalue weighted by molar-refractivity contribution is 5.87. The van der Waals surface area contributed by atoms with Gasteiger partial charge in [0.2, 0.25) is 11.8 Å². The zero-order valence-corrected chi connectivity index (χ0v) is 11.2. The number of primary amides is 1. The molecule has 3 rings (SSSR count). The molecule has 1 fully saturated rings. The van der Waals surface area contributed by atoms with Crippen LogP contribution < -0.4 is 15.8 Å². The van der Waals surface area contributed by atoms with Gasteiger partial charge in [-0.05, 0) is 18.9 Å². The summed E-state index contributed by atoms with van der Waals surface area (Å²) >= 11 is 0. The van der Waals surface area contributed by atoms with Gasteiger partial charge in [-0.15, -0.1) is 0 Å². The van der Waals surface area contributed by atoms with Crippen molar-refractivity contribution in [2.45, 2.75) is 31.2 Å². The van der Waals surface area contributed by atoms with Crippen molar-refractivity contribution in [2.75, 3.05) is 6.61 Å². The van der Waals surface area contributed by atoms with Crippen LogP contribution in [0.1, 0.15) is 30.7 Å². The Kier molecular flexibility index (Phi) is 3.34. The molecule has 1 aliphatic heterocycles. The number of carbonyl (C=O) groups is 2. The van der Waals surface area contributed by atoms with Crippen molar-refractivity contribution < 1.29 is 14.3 Å². The van der Waals surface area contributed by atoms with E-state index in [0.717, 1.165) is 30.6 Å². The normalized spacial score (nSPS) is 27.7. The molecule has 5 heteroatoms. The maximum Gasteiger partial charge on any atom is 0.231 e. The van der Waals surface area contributed by atoms with E-state index in [1.54, 1.807) is 0 Å². The Hall–Kier alpha value is -2.04. The molecular formula is C15H18N2O3. The van der Waals surface area contributed by atoms with Crippen LogP contribution in [0, 0.1) is 5.92 Å². The smallest absolute Gasteiger partial charge is 0.231 e. The van der Waals surface area contributed by atoms with Gasteiger partial charge in [-0.25, -0.2) is 0 Å². The molecule has 1 aromatic rings. The molecule has 2 aliphatic rings. The molecule has 1 saturated carbocycles. The van der Waals surface area contributed by atoms with E-state index in [-0.39, 0.29) is 29.7 Å². The lowest BCUT2D eigenvalue weighted by Gasteiger charge is -2.20. The number of benzene rings is 1. The third kappa shape index (κ3) is 2.24. The zero-order valence-electron chi connectivity index (χ0n) is 11.2. The van der Waals surface area contributed by atoms with Crippen molar-refractivity contribution in [1.82, 2.24) is 5.32 Å². The summed E-state index contributed by atoms with van der Waals surface area (Å²) in [6.07, 6.45) is 2.50. The third-order valence-corrected chi connectivity index (χ3v) is 4.23. The first-order valence-electron chi connectivity index (χ1n) is 6.98. The van der Waals surface area contributed by atoms with Crippen LogP contribution in [0.15, 0.2) is 24.3 Å². The number of hydrogen-bond acceptors (Lipinski definition) is 3. The average Bonchev–Trinajstić information content (AvgIpc) is 3.04. The Morgan fingerprint density at radius 3 is 2.85 bits per heavy atom. The molecule has 0 saturated heterocycles. The van der Waals surface area contributed by atoms with E-state index in [0.29, 0.717) is 6.61 Å². The zero-order chi connectivity index (χ0) is 14.1. The van der Waals surface area contributed by atoms with Crippen LogP contribution >= 0.6 is 0 Å². The van der Waals surface area contributed by atoms with Gasteiger partial charge in [0.05, 0.1) is 5.92 Å². The first kappa shape index (κ1) is 13.0. The monoisotopic (exact) mass is 274 g/mol. The minimum absolute atomic E-state index is 0.0758. The van der Waals surface area contributed by atoms with Gasteiger partial charge in [0, 0.05) is 11.6 Å². The van der Waals surface area contributed by atoms with Crippen molar-refractivity contribution in [1.29, 1.82) is 0 Å². The maximum absolute atomic E-state index is 12.4. The summed E-state index contributed by atoms with van der Waals surface area (Å²) < 4.78 is 5.52. The average molecular weight is 274 g/mol. The summed E-state index contributed by atoms with van der Waals surface area (Å²) in [5.41, 5.74) is 6.29. The van der Waals surface area contributed by atoms with Crippen LogP contribution in [-0.2, 0) is 9.59 Å². The van der Waals surface area contributed by atoms with E-state index in [2.05, 4.69) is 5.32 Å². The summed E-state index contributed by atoms with van der Waals surface area (Å²) in [5, 5.41) is 2.97. The second-order valence-corrected chi connectivity index (χ2v) is 5.46. The van der Waals surface area contributed by atoms with Crippen molar-refractivity contribution in [3.63, 3.8) is 0 Å². The number of amides is 2. The minimum atomic E-state index is -0.323. The number of hydrogen-bond donors (Lipinski definition) is 2. The van der Waals surface area contributed by atoms with Crippen LogP contribution in [0.4, 0.5) is 0 Å². The predicted molar refractivity (Wildman–Crippen MR) is 73.1 cm³/mol. The van der Waals surface area contributed by atoms with Gasteiger partial charge in [-0.3, -0.25) is 9.59 Å². The van der Waals surface area contributed by atoms with Crippen molar-refractivity contribution in [3.8, 4) is 5.75 Å². The highest BCUT2D eigenvalue weighted by Gasteiger charge is 2.36. The van der Waals surface area contributed by atoms with Crippen LogP contribution in [0.2, 0.25) is 0 Å². The van der Waals surface area contributed by atoms with E-state index in [1.165, 1.54) is 0 Å². The Bertz CT molecular complexity index is 544. The number of ether oxygens (including phenoxy) is 1. The summed E-state index contributed by atoms with van der Waals surface area (Å²) in [5.74, 6) is -0.161. The summed E-state index contributed by atoms with van der Waals surface area (Å²) in [7, 11) is 0. The Morgan fingerprint density at radius 2 is 2.05 bits per heavy atom. The van der Waals surface area contributed by atoms with Gasteiger partial charge in [-0.1, -0.05) is 24.6 Å².